The normalized spacial score (nSPS) is 11.0. The molecule has 0 aliphatic rings. The molecule has 0 aliphatic heterocycles. The van der Waals surface area contributed by atoms with E-state index in [1.54, 1.807) is 6.08 Å². The standard InChI is InChI=1S/C10H17N/c1-6-9(4)11(8-3)10(5)7-2/h6-7H,1,4,8H2,2-3,5H3/b10-7+. The van der Waals surface area contributed by atoms with Crippen molar-refractivity contribution in [3.63, 3.8) is 0 Å². The topological polar surface area (TPSA) is 3.24 Å². The molecule has 0 heterocycles. The van der Waals surface area contributed by atoms with Gasteiger partial charge in [-0.25, -0.2) is 0 Å². The van der Waals surface area contributed by atoms with Crippen LogP contribution in [-0.4, -0.2) is 11.4 Å². The maximum atomic E-state index is 3.88. The fourth-order valence-corrected chi connectivity index (χ4v) is 0.945. The lowest BCUT2D eigenvalue weighted by Crippen LogP contribution is -2.18. The van der Waals surface area contributed by atoms with Gasteiger partial charge in [0.15, 0.2) is 0 Å². The lowest BCUT2D eigenvalue weighted by molar-refractivity contribution is 0.466. The number of hydrogen-bond donors (Lipinski definition) is 0. The summed E-state index contributed by atoms with van der Waals surface area (Å²) < 4.78 is 0. The van der Waals surface area contributed by atoms with E-state index in [-0.39, 0.29) is 0 Å². The van der Waals surface area contributed by atoms with E-state index in [0.29, 0.717) is 0 Å². The average molecular weight is 151 g/mol. The van der Waals surface area contributed by atoms with Crippen molar-refractivity contribution in [3.05, 3.63) is 36.7 Å². The fourth-order valence-electron chi connectivity index (χ4n) is 0.945. The molecule has 0 unspecified atom stereocenters. The van der Waals surface area contributed by atoms with Crippen molar-refractivity contribution in [1.29, 1.82) is 0 Å². The van der Waals surface area contributed by atoms with Gasteiger partial charge in [-0.1, -0.05) is 19.2 Å². The molecule has 0 radical (unpaired) electrons. The lowest BCUT2D eigenvalue weighted by Gasteiger charge is -2.23. The molecule has 0 aromatic carbocycles. The van der Waals surface area contributed by atoms with Gasteiger partial charge in [-0.2, -0.15) is 0 Å². The third kappa shape index (κ3) is 2.62. The van der Waals surface area contributed by atoms with Crippen LogP contribution in [-0.2, 0) is 0 Å². The highest BCUT2D eigenvalue weighted by atomic mass is 15.1. The number of hydrogen-bond acceptors (Lipinski definition) is 1. The van der Waals surface area contributed by atoms with Gasteiger partial charge in [-0.05, 0) is 26.8 Å². The molecule has 0 rings (SSSR count). The Labute approximate surface area is 69.7 Å². The van der Waals surface area contributed by atoms with Crippen molar-refractivity contribution in [2.24, 2.45) is 0 Å². The van der Waals surface area contributed by atoms with Crippen LogP contribution in [0.3, 0.4) is 0 Å². The summed E-state index contributed by atoms with van der Waals surface area (Å²) in [6.07, 6.45) is 3.84. The summed E-state index contributed by atoms with van der Waals surface area (Å²) in [5, 5.41) is 0. The first-order valence-corrected chi connectivity index (χ1v) is 3.89. The minimum absolute atomic E-state index is 0.945. The molecule has 11 heavy (non-hydrogen) atoms. The van der Waals surface area contributed by atoms with E-state index in [1.807, 2.05) is 6.92 Å². The van der Waals surface area contributed by atoms with Crippen LogP contribution in [0.5, 0.6) is 0 Å². The minimum atomic E-state index is 0.945. The molecule has 0 N–H and O–H groups in total. The molecule has 0 saturated carbocycles. The van der Waals surface area contributed by atoms with Gasteiger partial charge in [0.1, 0.15) is 0 Å². The monoisotopic (exact) mass is 151 g/mol. The van der Waals surface area contributed by atoms with Crippen molar-refractivity contribution < 1.29 is 0 Å². The van der Waals surface area contributed by atoms with Crippen LogP contribution in [0.2, 0.25) is 0 Å². The number of nitrogens with zero attached hydrogens (tertiary/aromatic N) is 1. The second kappa shape index (κ2) is 4.78. The summed E-state index contributed by atoms with van der Waals surface area (Å²) >= 11 is 0. The Kier molecular flexibility index (Phi) is 4.35. The zero-order chi connectivity index (χ0) is 8.85. The summed E-state index contributed by atoms with van der Waals surface area (Å²) in [7, 11) is 0. The zero-order valence-corrected chi connectivity index (χ0v) is 7.72. The molecule has 1 heteroatoms. The van der Waals surface area contributed by atoms with E-state index in [1.165, 1.54) is 5.70 Å². The van der Waals surface area contributed by atoms with Gasteiger partial charge in [0.25, 0.3) is 0 Å². The molecule has 0 fully saturated rings. The van der Waals surface area contributed by atoms with Crippen molar-refractivity contribution in [2.45, 2.75) is 20.8 Å². The van der Waals surface area contributed by atoms with Crippen LogP contribution in [0.4, 0.5) is 0 Å². The van der Waals surface area contributed by atoms with Crippen LogP contribution >= 0.6 is 0 Å². The molecular weight excluding hydrogens is 134 g/mol. The predicted molar refractivity (Wildman–Crippen MR) is 51.1 cm³/mol. The molecule has 0 amide bonds. The van der Waals surface area contributed by atoms with Crippen LogP contribution in [0, 0.1) is 0 Å². The Bertz CT molecular complexity index is 175. The highest BCUT2D eigenvalue weighted by Gasteiger charge is 2.01. The molecule has 0 atom stereocenters. The molecule has 62 valence electrons. The van der Waals surface area contributed by atoms with Gasteiger partial charge < -0.3 is 4.90 Å². The predicted octanol–water partition coefficient (Wildman–Crippen LogP) is 2.93. The highest BCUT2D eigenvalue weighted by molar-refractivity contribution is 5.16. The van der Waals surface area contributed by atoms with Crippen LogP contribution in [0.15, 0.2) is 36.7 Å². The van der Waals surface area contributed by atoms with Crippen molar-refractivity contribution >= 4 is 0 Å². The molecule has 0 aromatic rings. The molecule has 1 nitrogen and oxygen atoms in total. The first-order valence-electron chi connectivity index (χ1n) is 3.89. The SMILES string of the molecule is C=CC(=C)N(CC)/C(C)=C/C. The van der Waals surface area contributed by atoms with Crippen LogP contribution < -0.4 is 0 Å². The van der Waals surface area contributed by atoms with Crippen LogP contribution in [0.1, 0.15) is 20.8 Å². The zero-order valence-electron chi connectivity index (χ0n) is 7.72. The lowest BCUT2D eigenvalue weighted by atomic mass is 10.3. The van der Waals surface area contributed by atoms with Gasteiger partial charge in [-0.3, -0.25) is 0 Å². The first-order chi connectivity index (χ1) is 5.17. The second-order valence-corrected chi connectivity index (χ2v) is 2.37. The summed E-state index contributed by atoms with van der Waals surface area (Å²) in [5.74, 6) is 0. The summed E-state index contributed by atoms with van der Waals surface area (Å²) in [6, 6.07) is 0. The minimum Gasteiger partial charge on any atom is -0.347 e. The van der Waals surface area contributed by atoms with Crippen molar-refractivity contribution in [2.75, 3.05) is 6.54 Å². The smallest absolute Gasteiger partial charge is 0.0328 e. The first kappa shape index (κ1) is 10.0. The molecule has 0 bridgehead atoms. The maximum Gasteiger partial charge on any atom is 0.0328 e. The summed E-state index contributed by atoms with van der Waals surface area (Å²) in [6.45, 7) is 14.7. The number of rotatable bonds is 4. The van der Waals surface area contributed by atoms with Gasteiger partial charge in [0.05, 0.1) is 0 Å². The quantitative estimate of drug-likeness (QED) is 0.558. The Hall–Kier alpha value is -0.980. The molecular formula is C10H17N. The summed E-state index contributed by atoms with van der Waals surface area (Å²) in [5.41, 5.74) is 2.18. The fraction of sp³-hybridized carbons (Fsp3) is 0.400. The van der Waals surface area contributed by atoms with Gasteiger partial charge in [0.2, 0.25) is 0 Å². The van der Waals surface area contributed by atoms with E-state index < -0.39 is 0 Å². The molecule has 0 aromatic heterocycles. The highest BCUT2D eigenvalue weighted by Crippen LogP contribution is 2.10. The van der Waals surface area contributed by atoms with Crippen molar-refractivity contribution in [1.82, 2.24) is 4.90 Å². The molecule has 0 spiro atoms. The van der Waals surface area contributed by atoms with E-state index in [4.69, 9.17) is 0 Å². The third-order valence-corrected chi connectivity index (χ3v) is 1.74. The third-order valence-electron chi connectivity index (χ3n) is 1.74. The van der Waals surface area contributed by atoms with Gasteiger partial charge >= 0.3 is 0 Å². The number of allylic oxidation sites excluding steroid dienone is 3. The van der Waals surface area contributed by atoms with E-state index in [9.17, 15) is 0 Å². The summed E-state index contributed by atoms with van der Waals surface area (Å²) in [4.78, 5) is 2.12. The second-order valence-electron chi connectivity index (χ2n) is 2.37. The van der Waals surface area contributed by atoms with E-state index in [2.05, 4.69) is 38.0 Å². The Balaban J connectivity index is 4.40. The average Bonchev–Trinajstić information content (AvgIpc) is 2.05. The van der Waals surface area contributed by atoms with Crippen LogP contribution in [0.25, 0.3) is 0 Å². The number of likely N-dealkylation sites (N-methyl/N-ethyl adjacent to an activating group) is 1. The largest absolute Gasteiger partial charge is 0.347 e. The Morgan fingerprint density at radius 1 is 1.55 bits per heavy atom. The van der Waals surface area contributed by atoms with E-state index in [0.717, 1.165) is 12.2 Å². The van der Waals surface area contributed by atoms with Gasteiger partial charge in [0, 0.05) is 17.9 Å². The maximum absolute atomic E-state index is 3.88. The Morgan fingerprint density at radius 2 is 2.09 bits per heavy atom. The molecule has 0 aliphatic carbocycles. The van der Waals surface area contributed by atoms with Gasteiger partial charge in [-0.15, -0.1) is 0 Å². The molecule has 0 saturated heterocycles. The van der Waals surface area contributed by atoms with E-state index >= 15 is 0 Å². The van der Waals surface area contributed by atoms with Crippen molar-refractivity contribution in [3.8, 4) is 0 Å². The Morgan fingerprint density at radius 3 is 2.36 bits per heavy atom.